The second kappa shape index (κ2) is 8.85. The van der Waals surface area contributed by atoms with E-state index in [0.717, 1.165) is 29.1 Å². The second-order valence-corrected chi connectivity index (χ2v) is 9.71. The monoisotopic (exact) mass is 445 g/mol. The van der Waals surface area contributed by atoms with Crippen molar-refractivity contribution in [2.75, 3.05) is 0 Å². The van der Waals surface area contributed by atoms with E-state index < -0.39 is 5.60 Å². The molecule has 1 aliphatic carbocycles. The molecule has 0 bridgehead atoms. The second-order valence-electron chi connectivity index (χ2n) is 9.71. The van der Waals surface area contributed by atoms with Crippen LogP contribution < -0.4 is 5.32 Å². The maximum atomic E-state index is 12.9. The highest BCUT2D eigenvalue weighted by Crippen LogP contribution is 2.40. The Morgan fingerprint density at radius 2 is 1.82 bits per heavy atom. The number of aryl methyl sites for hydroxylation is 1. The van der Waals surface area contributed by atoms with Crippen LogP contribution in [0, 0.1) is 13.8 Å². The molecule has 6 heteroatoms. The first-order chi connectivity index (χ1) is 15.6. The number of rotatable bonds is 6. The van der Waals surface area contributed by atoms with Crippen molar-refractivity contribution < 1.29 is 14.3 Å². The van der Waals surface area contributed by atoms with Gasteiger partial charge in [0.25, 0.3) is 5.91 Å². The van der Waals surface area contributed by atoms with E-state index in [1.165, 1.54) is 5.56 Å². The minimum atomic E-state index is -0.530. The van der Waals surface area contributed by atoms with Crippen LogP contribution in [0.2, 0.25) is 0 Å². The Balaban J connectivity index is 1.48. The average Bonchev–Trinajstić information content (AvgIpc) is 3.47. The Labute approximate surface area is 195 Å². The number of nitrogens with zero attached hydrogens (tertiary/aromatic N) is 2. The third-order valence-corrected chi connectivity index (χ3v) is 5.87. The summed E-state index contributed by atoms with van der Waals surface area (Å²) in [6.07, 6.45) is 1.12. The Bertz CT molecular complexity index is 1180. The molecule has 1 aromatic heterocycles. The number of carbonyl (C=O) groups excluding carboxylic acids is 2. The van der Waals surface area contributed by atoms with E-state index in [4.69, 9.17) is 4.74 Å². The van der Waals surface area contributed by atoms with Crippen LogP contribution in [0.5, 0.6) is 0 Å². The zero-order valence-electron chi connectivity index (χ0n) is 19.9. The summed E-state index contributed by atoms with van der Waals surface area (Å²) in [5.41, 5.74) is 4.60. The zero-order valence-corrected chi connectivity index (χ0v) is 19.9. The zero-order chi connectivity index (χ0) is 23.8. The van der Waals surface area contributed by atoms with Crippen molar-refractivity contribution in [3.8, 4) is 5.69 Å². The fourth-order valence-electron chi connectivity index (χ4n) is 4.16. The molecular weight excluding hydrogens is 414 g/mol. The summed E-state index contributed by atoms with van der Waals surface area (Å²) in [5, 5.41) is 7.78. The molecule has 0 saturated heterocycles. The van der Waals surface area contributed by atoms with Gasteiger partial charge in [-0.15, -0.1) is 0 Å². The number of ether oxygens (including phenoxy) is 1. The van der Waals surface area contributed by atoms with Gasteiger partial charge in [-0.2, -0.15) is 5.10 Å². The molecule has 0 radical (unpaired) electrons. The first kappa shape index (κ1) is 22.8. The van der Waals surface area contributed by atoms with Crippen LogP contribution in [0.4, 0.5) is 0 Å². The van der Waals surface area contributed by atoms with Crippen LogP contribution in [-0.2, 0) is 16.0 Å². The van der Waals surface area contributed by atoms with Crippen molar-refractivity contribution >= 4 is 11.9 Å². The highest BCUT2D eigenvalue weighted by molar-refractivity contribution is 5.95. The SMILES string of the molecule is Cc1nn(-c2cccc(C(=O)N[C@@H]3C[C@H]3c3ccccc3)c2)c(C)c1CC(=O)OC(C)(C)C. The van der Waals surface area contributed by atoms with E-state index in [1.807, 2.05) is 77.1 Å². The molecule has 1 N–H and O–H groups in total. The molecule has 0 unspecified atom stereocenters. The highest BCUT2D eigenvalue weighted by Gasteiger charge is 2.39. The molecule has 2 aromatic carbocycles. The van der Waals surface area contributed by atoms with Gasteiger partial charge in [0.2, 0.25) is 0 Å². The lowest BCUT2D eigenvalue weighted by Gasteiger charge is -2.19. The number of esters is 1. The molecule has 3 aromatic rings. The molecule has 172 valence electrons. The van der Waals surface area contributed by atoms with E-state index in [-0.39, 0.29) is 24.3 Å². The lowest BCUT2D eigenvalue weighted by Crippen LogP contribution is -2.26. The summed E-state index contributed by atoms with van der Waals surface area (Å²) < 4.78 is 7.26. The van der Waals surface area contributed by atoms with Crippen LogP contribution in [0.3, 0.4) is 0 Å². The number of hydrogen-bond donors (Lipinski definition) is 1. The maximum Gasteiger partial charge on any atom is 0.310 e. The van der Waals surface area contributed by atoms with Crippen molar-refractivity contribution in [3.05, 3.63) is 82.7 Å². The van der Waals surface area contributed by atoms with Crippen LogP contribution >= 0.6 is 0 Å². The average molecular weight is 446 g/mol. The fraction of sp³-hybridized carbons (Fsp3) is 0.370. The largest absolute Gasteiger partial charge is 0.460 e. The minimum Gasteiger partial charge on any atom is -0.460 e. The van der Waals surface area contributed by atoms with Crippen LogP contribution in [0.1, 0.15) is 66.0 Å². The van der Waals surface area contributed by atoms with Gasteiger partial charge in [-0.1, -0.05) is 36.4 Å². The van der Waals surface area contributed by atoms with Gasteiger partial charge in [-0.25, -0.2) is 4.68 Å². The Morgan fingerprint density at radius 1 is 1.09 bits per heavy atom. The molecule has 1 saturated carbocycles. The van der Waals surface area contributed by atoms with Gasteiger partial charge in [0.05, 0.1) is 17.8 Å². The van der Waals surface area contributed by atoms with Crippen LogP contribution in [0.25, 0.3) is 5.69 Å². The van der Waals surface area contributed by atoms with Crippen molar-refractivity contribution in [1.29, 1.82) is 0 Å². The van der Waals surface area contributed by atoms with Crippen LogP contribution in [0.15, 0.2) is 54.6 Å². The Kier molecular flexibility index (Phi) is 6.11. The van der Waals surface area contributed by atoms with Crippen molar-refractivity contribution in [2.24, 2.45) is 0 Å². The molecule has 0 aliphatic heterocycles. The van der Waals surface area contributed by atoms with Gasteiger partial charge < -0.3 is 10.1 Å². The summed E-state index contributed by atoms with van der Waals surface area (Å²) in [6, 6.07) is 17.9. The van der Waals surface area contributed by atoms with E-state index >= 15 is 0 Å². The van der Waals surface area contributed by atoms with Gasteiger partial charge >= 0.3 is 5.97 Å². The third-order valence-electron chi connectivity index (χ3n) is 5.87. The lowest BCUT2D eigenvalue weighted by atomic mass is 10.1. The predicted octanol–water partition coefficient (Wildman–Crippen LogP) is 4.66. The smallest absolute Gasteiger partial charge is 0.310 e. The van der Waals surface area contributed by atoms with Gasteiger partial charge in [-0.3, -0.25) is 9.59 Å². The Morgan fingerprint density at radius 3 is 2.52 bits per heavy atom. The quantitative estimate of drug-likeness (QED) is 0.560. The van der Waals surface area contributed by atoms with Crippen molar-refractivity contribution in [3.63, 3.8) is 0 Å². The van der Waals surface area contributed by atoms with Gasteiger partial charge in [0.1, 0.15) is 5.60 Å². The summed E-state index contributed by atoms with van der Waals surface area (Å²) in [6.45, 7) is 9.38. The number of hydrogen-bond acceptors (Lipinski definition) is 4. The first-order valence-corrected chi connectivity index (χ1v) is 11.4. The van der Waals surface area contributed by atoms with E-state index in [2.05, 4.69) is 22.5 Å². The molecule has 1 aliphatic rings. The fourth-order valence-corrected chi connectivity index (χ4v) is 4.16. The molecule has 33 heavy (non-hydrogen) atoms. The molecule has 0 spiro atoms. The minimum absolute atomic E-state index is 0.0872. The van der Waals surface area contributed by atoms with Gasteiger partial charge in [0, 0.05) is 28.8 Å². The van der Waals surface area contributed by atoms with E-state index in [0.29, 0.717) is 11.5 Å². The highest BCUT2D eigenvalue weighted by atomic mass is 16.6. The summed E-state index contributed by atoms with van der Waals surface area (Å²) >= 11 is 0. The standard InChI is InChI=1S/C27H31N3O3/c1-17-22(16-25(31)33-27(3,4)5)18(2)30(29-17)21-13-9-12-20(14-21)26(32)28-24-15-23(24)19-10-7-6-8-11-19/h6-14,23-24H,15-16H2,1-5H3,(H,28,32)/t23-,24+/m0/s1. The number of carbonyl (C=O) groups is 2. The lowest BCUT2D eigenvalue weighted by molar-refractivity contribution is -0.153. The van der Waals surface area contributed by atoms with Crippen LogP contribution in [-0.4, -0.2) is 33.3 Å². The molecule has 2 atom stereocenters. The summed E-state index contributed by atoms with van der Waals surface area (Å²) in [7, 11) is 0. The molecule has 6 nitrogen and oxygen atoms in total. The molecular formula is C27H31N3O3. The number of benzene rings is 2. The number of aromatic nitrogens is 2. The predicted molar refractivity (Wildman–Crippen MR) is 128 cm³/mol. The molecule has 1 amide bonds. The Hall–Kier alpha value is -3.41. The van der Waals surface area contributed by atoms with Gasteiger partial charge in [-0.05, 0) is 64.8 Å². The summed E-state index contributed by atoms with van der Waals surface area (Å²) in [5.74, 6) is 0.0133. The molecule has 4 rings (SSSR count). The van der Waals surface area contributed by atoms with Gasteiger partial charge in [0.15, 0.2) is 0 Å². The first-order valence-electron chi connectivity index (χ1n) is 11.4. The molecule has 1 heterocycles. The number of nitrogens with one attached hydrogen (secondary N) is 1. The van der Waals surface area contributed by atoms with E-state index in [1.54, 1.807) is 4.68 Å². The summed E-state index contributed by atoms with van der Waals surface area (Å²) in [4.78, 5) is 25.2. The normalized spacial score (nSPS) is 17.5. The number of amides is 1. The molecule has 1 fully saturated rings. The topological polar surface area (TPSA) is 73.2 Å². The maximum absolute atomic E-state index is 12.9. The third kappa shape index (κ3) is 5.33. The van der Waals surface area contributed by atoms with Crippen molar-refractivity contribution in [2.45, 2.75) is 65.0 Å². The van der Waals surface area contributed by atoms with Crippen molar-refractivity contribution in [1.82, 2.24) is 15.1 Å². The van der Waals surface area contributed by atoms with E-state index in [9.17, 15) is 9.59 Å².